The molecule has 2 heterocycles. The fourth-order valence-corrected chi connectivity index (χ4v) is 1.61. The Labute approximate surface area is 110 Å². The lowest BCUT2D eigenvalue weighted by Crippen LogP contribution is -2.16. The van der Waals surface area contributed by atoms with Gasteiger partial charge in [0.1, 0.15) is 0 Å². The van der Waals surface area contributed by atoms with Crippen molar-refractivity contribution in [2.45, 2.75) is 6.92 Å². The number of hydrogen-bond donors (Lipinski definition) is 1. The Morgan fingerprint density at radius 3 is 2.95 bits per heavy atom. The van der Waals surface area contributed by atoms with E-state index in [-0.39, 0.29) is 5.56 Å². The molecule has 0 aromatic carbocycles. The average Bonchev–Trinajstić information content (AvgIpc) is 2.95. The monoisotopic (exact) mass is 254 g/mol. The maximum absolute atomic E-state index is 12.1. The minimum absolute atomic E-state index is 0.206. The highest BCUT2D eigenvalue weighted by atomic mass is 16.1. The zero-order valence-corrected chi connectivity index (χ0v) is 10.6. The van der Waals surface area contributed by atoms with Gasteiger partial charge in [-0.15, -0.1) is 0 Å². The first-order chi connectivity index (χ1) is 9.26. The topological polar surface area (TPSA) is 63.6 Å². The molecule has 0 saturated heterocycles. The van der Waals surface area contributed by atoms with Gasteiger partial charge in [0.15, 0.2) is 0 Å². The van der Waals surface area contributed by atoms with Crippen molar-refractivity contribution in [2.75, 3.05) is 0 Å². The third kappa shape index (κ3) is 2.77. The quantitative estimate of drug-likeness (QED) is 0.850. The third-order valence-electron chi connectivity index (χ3n) is 2.54. The van der Waals surface area contributed by atoms with Gasteiger partial charge in [-0.05, 0) is 18.6 Å². The lowest BCUT2D eigenvalue weighted by Gasteiger charge is -2.03. The van der Waals surface area contributed by atoms with Gasteiger partial charge >= 0.3 is 0 Å². The molecule has 5 heteroatoms. The fourth-order valence-electron chi connectivity index (χ4n) is 1.61. The van der Waals surface area contributed by atoms with Crippen LogP contribution >= 0.6 is 0 Å². The molecule has 2 aromatic heterocycles. The predicted molar refractivity (Wildman–Crippen MR) is 75.0 cm³/mol. The molecule has 19 heavy (non-hydrogen) atoms. The molecule has 0 bridgehead atoms. The molecule has 0 saturated carbocycles. The summed E-state index contributed by atoms with van der Waals surface area (Å²) in [7, 11) is 0. The first-order valence-corrected chi connectivity index (χ1v) is 5.81. The van der Waals surface area contributed by atoms with Crippen molar-refractivity contribution in [3.05, 3.63) is 71.5 Å². The Kier molecular flexibility index (Phi) is 3.87. The van der Waals surface area contributed by atoms with Gasteiger partial charge in [-0.3, -0.25) is 9.78 Å². The summed E-state index contributed by atoms with van der Waals surface area (Å²) in [5, 5.41) is 4.01. The number of aromatic nitrogens is 4. The molecule has 0 atom stereocenters. The highest BCUT2D eigenvalue weighted by Crippen LogP contribution is 2.10. The first kappa shape index (κ1) is 12.8. The second kappa shape index (κ2) is 5.77. The molecule has 0 spiro atoms. The van der Waals surface area contributed by atoms with Crippen LogP contribution in [0.1, 0.15) is 12.5 Å². The van der Waals surface area contributed by atoms with Crippen molar-refractivity contribution in [3.63, 3.8) is 0 Å². The number of rotatable bonds is 4. The molecule has 96 valence electrons. The second-order valence-electron chi connectivity index (χ2n) is 3.74. The maximum Gasteiger partial charge on any atom is 0.260 e. The number of hydrogen-bond acceptors (Lipinski definition) is 3. The molecule has 0 aliphatic carbocycles. The van der Waals surface area contributed by atoms with Crippen LogP contribution in [0.3, 0.4) is 0 Å². The summed E-state index contributed by atoms with van der Waals surface area (Å²) in [6.45, 7) is 5.47. The molecular formula is C14H14N4O. The molecule has 0 amide bonds. The summed E-state index contributed by atoms with van der Waals surface area (Å²) >= 11 is 0. The smallest absolute Gasteiger partial charge is 0.260 e. The summed E-state index contributed by atoms with van der Waals surface area (Å²) in [5.74, 6) is 0.391. The Morgan fingerprint density at radius 2 is 2.37 bits per heavy atom. The van der Waals surface area contributed by atoms with Gasteiger partial charge in [-0.25, -0.2) is 9.67 Å². The molecule has 5 nitrogen and oxygen atoms in total. The minimum atomic E-state index is -0.206. The number of H-pyrrole nitrogens is 1. The van der Waals surface area contributed by atoms with Crippen LogP contribution in [0, 0.1) is 0 Å². The standard InChI is InChI=1S/C14H14N4O/c1-3-5-7-11(4-2)12-10-15-14(17-13(12)19)18-9-6-8-16-18/h3-10H,1H2,2H3,(H,15,17,19)/b7-5-,11-4+. The predicted octanol–water partition coefficient (Wildman–Crippen LogP) is 2.10. The van der Waals surface area contributed by atoms with Crippen LogP contribution in [-0.2, 0) is 0 Å². The number of allylic oxidation sites excluding steroid dienone is 5. The van der Waals surface area contributed by atoms with Gasteiger partial charge in [0, 0.05) is 18.6 Å². The van der Waals surface area contributed by atoms with E-state index in [0.717, 1.165) is 5.57 Å². The van der Waals surface area contributed by atoms with Crippen molar-refractivity contribution < 1.29 is 0 Å². The lowest BCUT2D eigenvalue weighted by atomic mass is 10.1. The fraction of sp³-hybridized carbons (Fsp3) is 0.0714. The van der Waals surface area contributed by atoms with Crippen LogP contribution in [0.15, 0.2) is 60.3 Å². The van der Waals surface area contributed by atoms with E-state index in [0.29, 0.717) is 11.5 Å². The van der Waals surface area contributed by atoms with E-state index in [4.69, 9.17) is 0 Å². The SMILES string of the molecule is C=C/C=C\C(=C/C)c1cnc(-n2cccn2)[nH]c1=O. The molecule has 0 aliphatic heterocycles. The Bertz CT molecular complexity index is 678. The van der Waals surface area contributed by atoms with Crippen molar-refractivity contribution in [1.29, 1.82) is 0 Å². The summed E-state index contributed by atoms with van der Waals surface area (Å²) in [6.07, 6.45) is 12.0. The highest BCUT2D eigenvalue weighted by Gasteiger charge is 2.06. The van der Waals surface area contributed by atoms with Crippen LogP contribution in [0.4, 0.5) is 0 Å². The Hall–Kier alpha value is -2.69. The molecule has 2 aromatic rings. The number of nitrogens with zero attached hydrogens (tertiary/aromatic N) is 3. The van der Waals surface area contributed by atoms with Gasteiger partial charge in [-0.1, -0.05) is 30.9 Å². The molecule has 0 unspecified atom stereocenters. The maximum atomic E-state index is 12.1. The van der Waals surface area contributed by atoms with Crippen LogP contribution in [0.2, 0.25) is 0 Å². The molecule has 2 rings (SSSR count). The number of aromatic amines is 1. The Balaban J connectivity index is 2.42. The second-order valence-corrected chi connectivity index (χ2v) is 3.74. The zero-order chi connectivity index (χ0) is 13.7. The van der Waals surface area contributed by atoms with Crippen molar-refractivity contribution in [3.8, 4) is 5.95 Å². The van der Waals surface area contributed by atoms with E-state index in [1.54, 1.807) is 36.8 Å². The molecule has 1 N–H and O–H groups in total. The molecule has 0 radical (unpaired) electrons. The van der Waals surface area contributed by atoms with Gasteiger partial charge in [0.2, 0.25) is 5.95 Å². The third-order valence-corrected chi connectivity index (χ3v) is 2.54. The zero-order valence-electron chi connectivity index (χ0n) is 10.6. The van der Waals surface area contributed by atoms with Crippen molar-refractivity contribution in [1.82, 2.24) is 19.7 Å². The summed E-state index contributed by atoms with van der Waals surface area (Å²) < 4.78 is 1.50. The minimum Gasteiger partial charge on any atom is -0.290 e. The largest absolute Gasteiger partial charge is 0.290 e. The highest BCUT2D eigenvalue weighted by molar-refractivity contribution is 5.73. The normalized spacial score (nSPS) is 11.9. The van der Waals surface area contributed by atoms with E-state index in [1.807, 2.05) is 19.1 Å². The van der Waals surface area contributed by atoms with E-state index < -0.39 is 0 Å². The van der Waals surface area contributed by atoms with Gasteiger partial charge in [0.25, 0.3) is 5.56 Å². The van der Waals surface area contributed by atoms with E-state index in [9.17, 15) is 4.79 Å². The van der Waals surface area contributed by atoms with Crippen LogP contribution in [-0.4, -0.2) is 19.7 Å². The van der Waals surface area contributed by atoms with Gasteiger partial charge in [0.05, 0.1) is 5.56 Å². The molecular weight excluding hydrogens is 240 g/mol. The Morgan fingerprint density at radius 1 is 1.53 bits per heavy atom. The van der Waals surface area contributed by atoms with Gasteiger partial charge in [-0.2, -0.15) is 5.10 Å². The van der Waals surface area contributed by atoms with Crippen molar-refractivity contribution in [2.24, 2.45) is 0 Å². The summed E-state index contributed by atoms with van der Waals surface area (Å²) in [6, 6.07) is 1.76. The van der Waals surface area contributed by atoms with Crippen LogP contribution < -0.4 is 5.56 Å². The summed E-state index contributed by atoms with van der Waals surface area (Å²) in [4.78, 5) is 19.0. The molecule has 0 aliphatic rings. The van der Waals surface area contributed by atoms with Crippen LogP contribution in [0.5, 0.6) is 0 Å². The van der Waals surface area contributed by atoms with E-state index >= 15 is 0 Å². The van der Waals surface area contributed by atoms with Gasteiger partial charge < -0.3 is 0 Å². The van der Waals surface area contributed by atoms with E-state index in [1.165, 1.54) is 4.68 Å². The van der Waals surface area contributed by atoms with Crippen LogP contribution in [0.25, 0.3) is 11.5 Å². The molecule has 0 fully saturated rings. The first-order valence-electron chi connectivity index (χ1n) is 5.81. The average molecular weight is 254 g/mol. The van der Waals surface area contributed by atoms with Crippen molar-refractivity contribution >= 4 is 5.57 Å². The number of nitrogens with one attached hydrogen (secondary N) is 1. The summed E-state index contributed by atoms with van der Waals surface area (Å²) in [5.41, 5.74) is 1.10. The van der Waals surface area contributed by atoms with E-state index in [2.05, 4.69) is 21.6 Å². The lowest BCUT2D eigenvalue weighted by molar-refractivity contribution is 0.800.